The van der Waals surface area contributed by atoms with E-state index < -0.39 is 0 Å². The Kier molecular flexibility index (Phi) is 3.49. The Morgan fingerprint density at radius 2 is 1.63 bits per heavy atom. The molecule has 0 aliphatic carbocycles. The van der Waals surface area contributed by atoms with Crippen molar-refractivity contribution in [1.29, 1.82) is 0 Å². The standard InChI is InChI=1S/C16H11BrOS/c17-15(11-6-2-1-3-7-11)13-10-19-14-9-5-4-8-12(14)16(13)18/h1-10,15H. The van der Waals surface area contributed by atoms with E-state index >= 15 is 0 Å². The van der Waals surface area contributed by atoms with E-state index in [2.05, 4.69) is 15.9 Å². The second-order valence-electron chi connectivity index (χ2n) is 4.29. The molecule has 1 nitrogen and oxygen atoms in total. The van der Waals surface area contributed by atoms with Crippen molar-refractivity contribution in [2.24, 2.45) is 0 Å². The number of halogens is 1. The third-order valence-corrected chi connectivity index (χ3v) is 5.08. The normalized spacial score (nSPS) is 12.5. The van der Waals surface area contributed by atoms with Crippen molar-refractivity contribution < 1.29 is 0 Å². The Labute approximate surface area is 123 Å². The number of fused-ring (bicyclic) bond motifs is 1. The van der Waals surface area contributed by atoms with Crippen LogP contribution in [0.25, 0.3) is 10.1 Å². The lowest BCUT2D eigenvalue weighted by molar-refractivity contribution is 1.17. The number of hydrogen-bond donors (Lipinski definition) is 0. The zero-order chi connectivity index (χ0) is 13.2. The van der Waals surface area contributed by atoms with Gasteiger partial charge in [-0.2, -0.15) is 0 Å². The van der Waals surface area contributed by atoms with Gasteiger partial charge < -0.3 is 0 Å². The molecule has 0 fully saturated rings. The van der Waals surface area contributed by atoms with E-state index in [0.717, 1.165) is 21.2 Å². The van der Waals surface area contributed by atoms with Gasteiger partial charge in [-0.1, -0.05) is 58.4 Å². The number of rotatable bonds is 2. The molecule has 0 N–H and O–H groups in total. The van der Waals surface area contributed by atoms with Crippen LogP contribution in [-0.2, 0) is 0 Å². The van der Waals surface area contributed by atoms with E-state index in [1.54, 1.807) is 11.3 Å². The summed E-state index contributed by atoms with van der Waals surface area (Å²) >= 11 is 5.25. The predicted octanol–water partition coefficient (Wildman–Crippen LogP) is 4.75. The first-order chi connectivity index (χ1) is 9.27. The lowest BCUT2D eigenvalue weighted by Gasteiger charge is -2.10. The molecule has 0 bridgehead atoms. The summed E-state index contributed by atoms with van der Waals surface area (Å²) in [5, 5.41) is 2.75. The maximum atomic E-state index is 12.5. The van der Waals surface area contributed by atoms with Crippen LogP contribution in [0.3, 0.4) is 0 Å². The summed E-state index contributed by atoms with van der Waals surface area (Å²) in [4.78, 5) is 12.5. The first-order valence-corrected chi connectivity index (χ1v) is 7.76. The molecule has 0 amide bonds. The third-order valence-electron chi connectivity index (χ3n) is 3.07. The average Bonchev–Trinajstić information content (AvgIpc) is 2.48. The van der Waals surface area contributed by atoms with Crippen molar-refractivity contribution in [2.75, 3.05) is 0 Å². The molecular weight excluding hydrogens is 320 g/mol. The van der Waals surface area contributed by atoms with E-state index in [9.17, 15) is 4.79 Å². The van der Waals surface area contributed by atoms with E-state index in [4.69, 9.17) is 0 Å². The average molecular weight is 331 g/mol. The minimum absolute atomic E-state index is 0.0537. The molecule has 0 radical (unpaired) electrons. The molecule has 1 aromatic heterocycles. The van der Waals surface area contributed by atoms with Gasteiger partial charge in [-0.15, -0.1) is 11.3 Å². The maximum absolute atomic E-state index is 12.5. The van der Waals surface area contributed by atoms with E-state index in [1.165, 1.54) is 0 Å². The minimum Gasteiger partial charge on any atom is -0.289 e. The highest BCUT2D eigenvalue weighted by molar-refractivity contribution is 9.09. The third kappa shape index (κ3) is 2.36. The Bertz CT molecular complexity index is 764. The van der Waals surface area contributed by atoms with Gasteiger partial charge in [-0.3, -0.25) is 4.79 Å². The zero-order valence-corrected chi connectivity index (χ0v) is 12.4. The first-order valence-electron chi connectivity index (χ1n) is 5.97. The van der Waals surface area contributed by atoms with Crippen molar-refractivity contribution >= 4 is 37.4 Å². The van der Waals surface area contributed by atoms with Gasteiger partial charge in [-0.05, 0) is 23.1 Å². The largest absolute Gasteiger partial charge is 0.289 e. The van der Waals surface area contributed by atoms with Gasteiger partial charge in [0, 0.05) is 15.6 Å². The van der Waals surface area contributed by atoms with Gasteiger partial charge in [0.05, 0.1) is 4.83 Å². The fourth-order valence-corrected chi connectivity index (χ4v) is 3.83. The van der Waals surface area contributed by atoms with Crippen molar-refractivity contribution in [1.82, 2.24) is 0 Å². The monoisotopic (exact) mass is 330 g/mol. The topological polar surface area (TPSA) is 17.1 Å². The zero-order valence-electron chi connectivity index (χ0n) is 10.0. The highest BCUT2D eigenvalue weighted by Crippen LogP contribution is 2.30. The molecule has 1 unspecified atom stereocenters. The summed E-state index contributed by atoms with van der Waals surface area (Å²) < 4.78 is 1.03. The summed E-state index contributed by atoms with van der Waals surface area (Å²) in [7, 11) is 0. The summed E-state index contributed by atoms with van der Waals surface area (Å²) in [5.74, 6) is 0. The fourth-order valence-electron chi connectivity index (χ4n) is 2.07. The Hall–Kier alpha value is -1.45. The maximum Gasteiger partial charge on any atom is 0.192 e. The molecule has 1 atom stereocenters. The number of alkyl halides is 1. The second kappa shape index (κ2) is 5.27. The lowest BCUT2D eigenvalue weighted by atomic mass is 10.1. The van der Waals surface area contributed by atoms with E-state index in [1.807, 2.05) is 60.0 Å². The Balaban J connectivity index is 2.16. The summed E-state index contributed by atoms with van der Waals surface area (Å²) in [6.45, 7) is 0. The van der Waals surface area contributed by atoms with Gasteiger partial charge >= 0.3 is 0 Å². The van der Waals surface area contributed by atoms with Gasteiger partial charge in [0.25, 0.3) is 0 Å². The molecule has 2 aromatic carbocycles. The van der Waals surface area contributed by atoms with Gasteiger partial charge in [0.15, 0.2) is 5.43 Å². The molecule has 3 heteroatoms. The molecular formula is C16H11BrOS. The van der Waals surface area contributed by atoms with Crippen molar-refractivity contribution in [3.05, 3.63) is 81.3 Å². The van der Waals surface area contributed by atoms with Crippen molar-refractivity contribution in [2.45, 2.75) is 4.83 Å². The van der Waals surface area contributed by atoms with Crippen LogP contribution in [-0.4, -0.2) is 0 Å². The molecule has 0 saturated heterocycles. The number of benzene rings is 2. The lowest BCUT2D eigenvalue weighted by Crippen LogP contribution is -2.10. The van der Waals surface area contributed by atoms with Crippen LogP contribution in [0.5, 0.6) is 0 Å². The molecule has 19 heavy (non-hydrogen) atoms. The van der Waals surface area contributed by atoms with Gasteiger partial charge in [0.1, 0.15) is 0 Å². The fraction of sp³-hybridized carbons (Fsp3) is 0.0625. The summed E-state index contributed by atoms with van der Waals surface area (Å²) in [6, 6.07) is 17.7. The quantitative estimate of drug-likeness (QED) is 0.620. The van der Waals surface area contributed by atoms with Crippen LogP contribution in [0.4, 0.5) is 0 Å². The van der Waals surface area contributed by atoms with Crippen LogP contribution in [0.15, 0.2) is 64.8 Å². The van der Waals surface area contributed by atoms with Crippen molar-refractivity contribution in [3.8, 4) is 0 Å². The predicted molar refractivity (Wildman–Crippen MR) is 85.3 cm³/mol. The molecule has 3 aromatic rings. The van der Waals surface area contributed by atoms with Gasteiger partial charge in [-0.25, -0.2) is 0 Å². The second-order valence-corrected chi connectivity index (χ2v) is 6.12. The van der Waals surface area contributed by atoms with Crippen LogP contribution < -0.4 is 5.43 Å². The van der Waals surface area contributed by atoms with Gasteiger partial charge in [0.2, 0.25) is 0 Å². The molecule has 94 valence electrons. The molecule has 0 aliphatic rings. The summed E-state index contributed by atoms with van der Waals surface area (Å²) in [5.41, 5.74) is 2.01. The minimum atomic E-state index is -0.0537. The van der Waals surface area contributed by atoms with E-state index in [-0.39, 0.29) is 10.3 Å². The van der Waals surface area contributed by atoms with E-state index in [0.29, 0.717) is 0 Å². The highest BCUT2D eigenvalue weighted by Gasteiger charge is 2.15. The number of hydrogen-bond acceptors (Lipinski definition) is 2. The van der Waals surface area contributed by atoms with Crippen LogP contribution in [0.1, 0.15) is 16.0 Å². The Morgan fingerprint density at radius 3 is 2.42 bits per heavy atom. The first kappa shape index (κ1) is 12.6. The molecule has 1 heterocycles. The molecule has 0 saturated carbocycles. The highest BCUT2D eigenvalue weighted by atomic mass is 79.9. The van der Waals surface area contributed by atoms with Crippen LogP contribution in [0, 0.1) is 0 Å². The molecule has 0 spiro atoms. The molecule has 3 rings (SSSR count). The van der Waals surface area contributed by atoms with Crippen LogP contribution in [0.2, 0.25) is 0 Å². The Morgan fingerprint density at radius 1 is 0.947 bits per heavy atom. The van der Waals surface area contributed by atoms with Crippen molar-refractivity contribution in [3.63, 3.8) is 0 Å². The smallest absolute Gasteiger partial charge is 0.192 e. The molecule has 0 aliphatic heterocycles. The SMILES string of the molecule is O=c1c(C(Br)c2ccccc2)csc2ccccc12. The van der Waals surface area contributed by atoms with Crippen LogP contribution >= 0.6 is 27.3 Å². The summed E-state index contributed by atoms with van der Waals surface area (Å²) in [6.07, 6.45) is 0.